The molecular weight excluding hydrogens is 1260 g/mol. The third-order valence-corrected chi connectivity index (χ3v) is 21.0. The second kappa shape index (κ2) is 35.5. The fourth-order valence-corrected chi connectivity index (χ4v) is 15.1. The minimum absolute atomic E-state index is 0.000929. The number of hydrogen-bond donors (Lipinski definition) is 8. The summed E-state index contributed by atoms with van der Waals surface area (Å²) in [6.45, 7) is 8.91. The summed E-state index contributed by atoms with van der Waals surface area (Å²) < 4.78 is 16.6. The van der Waals surface area contributed by atoms with Crippen LogP contribution in [0, 0.1) is 0 Å². The number of anilines is 1. The van der Waals surface area contributed by atoms with E-state index in [-0.39, 0.29) is 85.3 Å². The minimum atomic E-state index is -1.10. The number of nitrogens with zero attached hydrogens (tertiary/aromatic N) is 10. The lowest BCUT2D eigenvalue weighted by Crippen LogP contribution is -2.58. The van der Waals surface area contributed by atoms with Crippen molar-refractivity contribution in [2.75, 3.05) is 44.8 Å². The molecule has 9 rings (SSSR count). The average Bonchev–Trinajstić information content (AvgIpc) is 1.63. The molecule has 8 amide bonds. The molecule has 0 saturated carbocycles. The quantitative estimate of drug-likeness (QED) is 0.0199. The van der Waals surface area contributed by atoms with Crippen LogP contribution >= 0.6 is 35.3 Å². The van der Waals surface area contributed by atoms with Gasteiger partial charge in [-0.3, -0.25) is 28.8 Å². The molecular formula is C64H90N18O9S3. The number of amides is 8. The highest BCUT2D eigenvalue weighted by Crippen LogP contribution is 2.34. The van der Waals surface area contributed by atoms with Gasteiger partial charge in [-0.2, -0.15) is 11.8 Å². The van der Waals surface area contributed by atoms with E-state index in [2.05, 4.69) is 73.6 Å². The molecule has 0 bridgehead atoms. The van der Waals surface area contributed by atoms with Crippen LogP contribution in [0.1, 0.15) is 116 Å². The maximum absolute atomic E-state index is 14.9. The van der Waals surface area contributed by atoms with E-state index in [4.69, 9.17) is 9.47 Å². The van der Waals surface area contributed by atoms with Crippen molar-refractivity contribution in [1.82, 2.24) is 87.4 Å². The van der Waals surface area contributed by atoms with Crippen LogP contribution in [0.4, 0.5) is 10.5 Å². The standard InChI is InChI=1S/C64H90N18O9S3/c1-40(65-5)58(85)70-55(60(87)79-30-18-20-47(79)35-81-63(73-75-77-81)93-49-22-10-7-11-23-49)42(3)90-37-44-32-45(34-46(33-44)68-54(84)28-14-9-17-29-67-53(83)27-16-15-26-52-57-51(39-92-52)69-62(89)72-57)38-91-43(4)56(71-59(86)41(2)66-6)61(88)80-31-19-21-48(80)36-82-64(74-76-78-82)94-50-24-12-8-13-25-50/h7-8,10-13,22-25,32-34,40-43,47-48,51-52,55-57,65-66H,9,14-21,26-31,35-39H2,1-6H3,(H,67,83)(H,68,84)(H,70,85)(H,71,86)(H2,69,72,89)/t40?,41?,42?,43?,47?,48?,51-,52?,55?,56?,57-/m0/s1. The van der Waals surface area contributed by atoms with Crippen molar-refractivity contribution in [1.29, 1.82) is 0 Å². The molecule has 8 N–H and O–H groups in total. The first-order valence-electron chi connectivity index (χ1n) is 32.7. The van der Waals surface area contributed by atoms with Crippen LogP contribution in [0.25, 0.3) is 0 Å². The summed E-state index contributed by atoms with van der Waals surface area (Å²) in [5.41, 5.74) is 1.70. The van der Waals surface area contributed by atoms with E-state index in [9.17, 15) is 33.6 Å². The summed E-state index contributed by atoms with van der Waals surface area (Å²) in [6.07, 6.45) is 6.40. The number of benzene rings is 3. The smallest absolute Gasteiger partial charge is 0.315 e. The maximum atomic E-state index is 14.9. The SMILES string of the molecule is CNC(C)C(=O)NC(C(=O)N1CCCC1Cn1nnnc1Sc1ccccc1)C(C)OCc1cc(COC(C)C(NC(=O)C(C)NC)C(=O)N2CCCC2Cn2nnnc2Sc2ccccc2)cc(NC(=O)CCCCCNC(=O)CCCCC2SC[C@@H]3NC(=O)N[C@H]23)c1. The molecule has 3 aromatic carbocycles. The normalized spacial score (nSPS) is 20.3. The van der Waals surface area contributed by atoms with Gasteiger partial charge in [-0.25, -0.2) is 14.2 Å². The highest BCUT2D eigenvalue weighted by atomic mass is 32.2. The van der Waals surface area contributed by atoms with Crippen LogP contribution in [0.5, 0.6) is 0 Å². The van der Waals surface area contributed by atoms with Crippen LogP contribution in [-0.4, -0.2) is 197 Å². The lowest BCUT2D eigenvalue weighted by Gasteiger charge is -2.33. The molecule has 27 nitrogen and oxygen atoms in total. The fraction of sp³-hybridized carbons (Fsp3) is 0.578. The van der Waals surface area contributed by atoms with Gasteiger partial charge >= 0.3 is 6.03 Å². The first-order valence-corrected chi connectivity index (χ1v) is 35.4. The van der Waals surface area contributed by atoms with Crippen LogP contribution in [0.3, 0.4) is 0 Å². The molecule has 0 radical (unpaired) electrons. The van der Waals surface area contributed by atoms with E-state index in [1.807, 2.05) is 78.5 Å². The number of unbranched alkanes of at least 4 members (excludes halogenated alkanes) is 3. The van der Waals surface area contributed by atoms with Crippen LogP contribution in [-0.2, 0) is 64.5 Å². The Bertz CT molecular complexity index is 3150. The molecule has 508 valence electrons. The number of tetrazole rings is 2. The van der Waals surface area contributed by atoms with Crippen molar-refractivity contribution in [2.45, 2.75) is 217 Å². The largest absolute Gasteiger partial charge is 0.371 e. The van der Waals surface area contributed by atoms with E-state index in [0.29, 0.717) is 104 Å². The van der Waals surface area contributed by atoms with E-state index < -0.39 is 36.4 Å². The topological polar surface area (TPSA) is 328 Å². The second-order valence-electron chi connectivity index (χ2n) is 24.4. The first-order chi connectivity index (χ1) is 45.5. The summed E-state index contributed by atoms with van der Waals surface area (Å²) in [5.74, 6) is -0.714. The van der Waals surface area contributed by atoms with E-state index in [0.717, 1.165) is 47.6 Å². The molecule has 6 heterocycles. The Hall–Kier alpha value is -7.22. The number of likely N-dealkylation sites (N-methyl/N-ethyl adjacent to an activating group) is 2. The van der Waals surface area contributed by atoms with Crippen LogP contribution in [0.2, 0.25) is 0 Å². The zero-order chi connectivity index (χ0) is 66.5. The number of carbonyl (C=O) groups excluding carboxylic acids is 7. The van der Waals surface area contributed by atoms with Crippen molar-refractivity contribution >= 4 is 82.4 Å². The summed E-state index contributed by atoms with van der Waals surface area (Å²) >= 11 is 4.72. The molecule has 11 atom stereocenters. The number of carbonyl (C=O) groups is 7. The highest BCUT2D eigenvalue weighted by molar-refractivity contribution is 8.00. The van der Waals surface area contributed by atoms with Crippen LogP contribution < -0.4 is 42.5 Å². The number of rotatable bonds is 36. The Morgan fingerprint density at radius 3 is 1.68 bits per heavy atom. The maximum Gasteiger partial charge on any atom is 0.315 e. The zero-order valence-corrected chi connectivity index (χ0v) is 56.8. The van der Waals surface area contributed by atoms with E-state index >= 15 is 0 Å². The molecule has 94 heavy (non-hydrogen) atoms. The number of aromatic nitrogens is 8. The number of likely N-dealkylation sites (tertiary alicyclic amines) is 2. The Kier molecular flexibility index (Phi) is 26.8. The number of fused-ring (bicyclic) bond motifs is 1. The lowest BCUT2D eigenvalue weighted by atomic mass is 10.0. The molecule has 5 aromatic rings. The van der Waals surface area contributed by atoms with Crippen molar-refractivity contribution < 1.29 is 43.0 Å². The summed E-state index contributed by atoms with van der Waals surface area (Å²) in [6, 6.07) is 21.2. The molecule has 2 aromatic heterocycles. The predicted octanol–water partition coefficient (Wildman–Crippen LogP) is 4.68. The monoisotopic (exact) mass is 1350 g/mol. The second-order valence-corrected chi connectivity index (χ2v) is 27.8. The lowest BCUT2D eigenvalue weighted by molar-refractivity contribution is -0.142. The van der Waals surface area contributed by atoms with Gasteiger partial charge in [0.15, 0.2) is 0 Å². The molecule has 0 spiro atoms. The Morgan fingerprint density at radius 1 is 0.649 bits per heavy atom. The summed E-state index contributed by atoms with van der Waals surface area (Å²) in [5, 5.41) is 50.5. The molecule has 9 unspecified atom stereocenters. The fourth-order valence-electron chi connectivity index (χ4n) is 12.0. The number of hydrogen-bond acceptors (Lipinski definition) is 20. The van der Waals surface area contributed by atoms with Gasteiger partial charge in [-0.15, -0.1) is 10.2 Å². The van der Waals surface area contributed by atoms with Crippen molar-refractivity contribution in [3.8, 4) is 0 Å². The number of thioether (sulfide) groups is 1. The summed E-state index contributed by atoms with van der Waals surface area (Å²) in [7, 11) is 3.34. The number of urea groups is 1. The highest BCUT2D eigenvalue weighted by Gasteiger charge is 2.43. The zero-order valence-electron chi connectivity index (χ0n) is 54.4. The van der Waals surface area contributed by atoms with E-state index in [1.165, 1.54) is 23.5 Å². The Labute approximate surface area is 561 Å². The molecule has 0 aliphatic carbocycles. The number of nitrogens with one attached hydrogen (secondary N) is 8. The van der Waals surface area contributed by atoms with Gasteiger partial charge in [-0.05, 0) is 185 Å². The predicted molar refractivity (Wildman–Crippen MR) is 356 cm³/mol. The van der Waals surface area contributed by atoms with Gasteiger partial charge in [-0.1, -0.05) is 55.3 Å². The Balaban J connectivity index is 0.861. The molecule has 30 heteroatoms. The average molecular weight is 1350 g/mol. The van der Waals surface area contributed by atoms with Gasteiger partial charge in [0.2, 0.25) is 45.8 Å². The van der Waals surface area contributed by atoms with Gasteiger partial charge in [0.1, 0.15) is 12.1 Å². The van der Waals surface area contributed by atoms with Gasteiger partial charge in [0.05, 0.1) is 74.8 Å². The van der Waals surface area contributed by atoms with Crippen molar-refractivity contribution in [3.05, 3.63) is 90.0 Å². The van der Waals surface area contributed by atoms with Crippen LogP contribution in [0.15, 0.2) is 99.0 Å². The first kappa shape index (κ1) is 71.1. The van der Waals surface area contributed by atoms with Gasteiger partial charge < -0.3 is 61.8 Å². The third kappa shape index (κ3) is 20.2. The van der Waals surface area contributed by atoms with E-state index in [1.54, 1.807) is 73.1 Å². The number of ether oxygens (including phenoxy) is 2. The molecule has 4 aliphatic rings. The molecule has 4 aliphatic heterocycles. The van der Waals surface area contributed by atoms with Gasteiger partial charge in [0, 0.05) is 59.0 Å². The third-order valence-electron chi connectivity index (χ3n) is 17.6. The van der Waals surface area contributed by atoms with Gasteiger partial charge in [0.25, 0.3) is 0 Å². The molecule has 4 fully saturated rings. The minimum Gasteiger partial charge on any atom is -0.371 e. The van der Waals surface area contributed by atoms with Crippen molar-refractivity contribution in [3.63, 3.8) is 0 Å². The van der Waals surface area contributed by atoms with Crippen molar-refractivity contribution in [2.24, 2.45) is 0 Å². The molecule has 4 saturated heterocycles. The summed E-state index contributed by atoms with van der Waals surface area (Å²) in [4.78, 5) is 101. The Morgan fingerprint density at radius 2 is 1.16 bits per heavy atom.